The van der Waals surface area contributed by atoms with Crippen molar-refractivity contribution in [1.29, 1.82) is 0 Å². The molecule has 1 atom stereocenters. The summed E-state index contributed by atoms with van der Waals surface area (Å²) in [6.07, 6.45) is 0.932. The third kappa shape index (κ3) is 2.45. The van der Waals surface area contributed by atoms with Crippen LogP contribution in [0.5, 0.6) is 5.75 Å². The standard InChI is InChI=1S/C16H15BrFNO/c1-19-15(10-2-4-13(18)5-3-10)14-9-12(17)8-11-6-7-20-16(11)14/h2-5,8-9,15,19H,6-7H2,1H3. The highest BCUT2D eigenvalue weighted by atomic mass is 79.9. The van der Waals surface area contributed by atoms with Crippen molar-refractivity contribution in [3.8, 4) is 5.75 Å². The second kappa shape index (κ2) is 5.54. The lowest BCUT2D eigenvalue weighted by Crippen LogP contribution is -2.18. The summed E-state index contributed by atoms with van der Waals surface area (Å²) >= 11 is 3.55. The molecule has 0 radical (unpaired) electrons. The highest BCUT2D eigenvalue weighted by Gasteiger charge is 2.23. The summed E-state index contributed by atoms with van der Waals surface area (Å²) in [7, 11) is 1.90. The highest BCUT2D eigenvalue weighted by Crippen LogP contribution is 2.38. The minimum atomic E-state index is -0.223. The summed E-state index contributed by atoms with van der Waals surface area (Å²) in [4.78, 5) is 0. The van der Waals surface area contributed by atoms with Crippen molar-refractivity contribution in [3.05, 3.63) is 63.4 Å². The highest BCUT2D eigenvalue weighted by molar-refractivity contribution is 9.10. The summed E-state index contributed by atoms with van der Waals surface area (Å²) in [6.45, 7) is 0.721. The van der Waals surface area contributed by atoms with Crippen LogP contribution in [0.15, 0.2) is 40.9 Å². The summed E-state index contributed by atoms with van der Waals surface area (Å²) < 4.78 is 19.9. The third-order valence-corrected chi connectivity index (χ3v) is 4.04. The molecule has 0 bridgehead atoms. The maximum Gasteiger partial charge on any atom is 0.127 e. The molecule has 1 N–H and O–H groups in total. The van der Waals surface area contributed by atoms with E-state index in [0.29, 0.717) is 0 Å². The summed E-state index contributed by atoms with van der Waals surface area (Å²) in [5.74, 6) is 0.733. The van der Waals surface area contributed by atoms with E-state index in [0.717, 1.165) is 34.4 Å². The quantitative estimate of drug-likeness (QED) is 0.920. The Hall–Kier alpha value is -1.39. The van der Waals surface area contributed by atoms with E-state index in [9.17, 15) is 4.39 Å². The molecule has 104 valence electrons. The van der Waals surface area contributed by atoms with E-state index < -0.39 is 0 Å². The molecule has 2 nitrogen and oxygen atoms in total. The Bertz CT molecular complexity index is 627. The smallest absolute Gasteiger partial charge is 0.127 e. The lowest BCUT2D eigenvalue weighted by atomic mass is 9.96. The molecule has 0 spiro atoms. The number of rotatable bonds is 3. The van der Waals surface area contributed by atoms with Gasteiger partial charge in [0.05, 0.1) is 12.6 Å². The number of halogens is 2. The molecular weight excluding hydrogens is 321 g/mol. The average molecular weight is 336 g/mol. The van der Waals surface area contributed by atoms with Gasteiger partial charge in [-0.25, -0.2) is 4.39 Å². The molecule has 1 unspecified atom stereocenters. The molecule has 2 aromatic rings. The number of fused-ring (bicyclic) bond motifs is 1. The Morgan fingerprint density at radius 2 is 2.00 bits per heavy atom. The van der Waals surface area contributed by atoms with Gasteiger partial charge >= 0.3 is 0 Å². The Morgan fingerprint density at radius 1 is 1.25 bits per heavy atom. The first kappa shape index (κ1) is 13.6. The van der Waals surface area contributed by atoms with Crippen LogP contribution in [0.3, 0.4) is 0 Å². The van der Waals surface area contributed by atoms with Crippen LogP contribution < -0.4 is 10.1 Å². The first-order chi connectivity index (χ1) is 9.69. The van der Waals surface area contributed by atoms with E-state index in [1.807, 2.05) is 7.05 Å². The van der Waals surface area contributed by atoms with Crippen molar-refractivity contribution < 1.29 is 9.13 Å². The topological polar surface area (TPSA) is 21.3 Å². The van der Waals surface area contributed by atoms with Gasteiger partial charge in [-0.3, -0.25) is 0 Å². The number of ether oxygens (including phenoxy) is 1. The van der Waals surface area contributed by atoms with E-state index in [-0.39, 0.29) is 11.9 Å². The van der Waals surface area contributed by atoms with Crippen LogP contribution in [-0.2, 0) is 6.42 Å². The Labute approximate surface area is 126 Å². The molecule has 0 fully saturated rings. The molecule has 1 heterocycles. The molecule has 0 aliphatic carbocycles. The predicted octanol–water partition coefficient (Wildman–Crippen LogP) is 3.83. The van der Waals surface area contributed by atoms with Gasteiger partial charge in [-0.1, -0.05) is 28.1 Å². The average Bonchev–Trinajstić information content (AvgIpc) is 2.89. The normalized spacial score (nSPS) is 14.8. The zero-order valence-electron chi connectivity index (χ0n) is 11.1. The van der Waals surface area contributed by atoms with Crippen molar-refractivity contribution in [2.24, 2.45) is 0 Å². The first-order valence-electron chi connectivity index (χ1n) is 6.57. The van der Waals surface area contributed by atoms with E-state index in [4.69, 9.17) is 4.74 Å². The van der Waals surface area contributed by atoms with Gasteiger partial charge in [0.25, 0.3) is 0 Å². The molecule has 0 saturated carbocycles. The van der Waals surface area contributed by atoms with Crippen molar-refractivity contribution in [3.63, 3.8) is 0 Å². The molecule has 20 heavy (non-hydrogen) atoms. The first-order valence-corrected chi connectivity index (χ1v) is 7.36. The molecule has 3 rings (SSSR count). The minimum Gasteiger partial charge on any atom is -0.493 e. The van der Waals surface area contributed by atoms with Crippen LogP contribution in [-0.4, -0.2) is 13.7 Å². The maximum atomic E-state index is 13.1. The van der Waals surface area contributed by atoms with Gasteiger partial charge in [-0.05, 0) is 42.4 Å². The molecule has 2 aromatic carbocycles. The van der Waals surface area contributed by atoms with Gasteiger partial charge < -0.3 is 10.1 Å². The van der Waals surface area contributed by atoms with Gasteiger partial charge in [0.15, 0.2) is 0 Å². The second-order valence-corrected chi connectivity index (χ2v) is 5.77. The van der Waals surface area contributed by atoms with Gasteiger partial charge in [-0.15, -0.1) is 0 Å². The SMILES string of the molecule is CNC(c1ccc(F)cc1)c1cc(Br)cc2c1OCC2. The van der Waals surface area contributed by atoms with Crippen LogP contribution >= 0.6 is 15.9 Å². The Kier molecular flexibility index (Phi) is 3.76. The van der Waals surface area contributed by atoms with E-state index in [1.54, 1.807) is 12.1 Å². The summed E-state index contributed by atoms with van der Waals surface area (Å²) in [6, 6.07) is 10.7. The predicted molar refractivity (Wildman–Crippen MR) is 80.6 cm³/mol. The van der Waals surface area contributed by atoms with Crippen molar-refractivity contribution in [2.75, 3.05) is 13.7 Å². The molecule has 1 aliphatic heterocycles. The molecule has 1 aliphatic rings. The number of hydrogen-bond acceptors (Lipinski definition) is 2. The zero-order chi connectivity index (χ0) is 14.1. The van der Waals surface area contributed by atoms with E-state index in [2.05, 4.69) is 33.4 Å². The molecule has 4 heteroatoms. The monoisotopic (exact) mass is 335 g/mol. The largest absolute Gasteiger partial charge is 0.493 e. The van der Waals surface area contributed by atoms with E-state index in [1.165, 1.54) is 17.7 Å². The summed E-state index contributed by atoms with van der Waals surface area (Å²) in [5.41, 5.74) is 3.32. The van der Waals surface area contributed by atoms with Crippen LogP contribution in [0.2, 0.25) is 0 Å². The van der Waals surface area contributed by atoms with Gasteiger partial charge in [-0.2, -0.15) is 0 Å². The zero-order valence-corrected chi connectivity index (χ0v) is 12.7. The van der Waals surface area contributed by atoms with Gasteiger partial charge in [0, 0.05) is 16.5 Å². The van der Waals surface area contributed by atoms with Crippen molar-refractivity contribution in [1.82, 2.24) is 5.32 Å². The van der Waals surface area contributed by atoms with E-state index >= 15 is 0 Å². The molecule has 0 aromatic heterocycles. The molecule has 0 saturated heterocycles. The van der Waals surface area contributed by atoms with Crippen LogP contribution in [0, 0.1) is 5.82 Å². The number of benzene rings is 2. The number of hydrogen-bond donors (Lipinski definition) is 1. The fourth-order valence-corrected chi connectivity index (χ4v) is 3.19. The number of nitrogens with one attached hydrogen (secondary N) is 1. The Morgan fingerprint density at radius 3 is 2.70 bits per heavy atom. The minimum absolute atomic E-state index is 0.0139. The summed E-state index contributed by atoms with van der Waals surface area (Å²) in [5, 5.41) is 3.29. The fourth-order valence-electron chi connectivity index (χ4n) is 2.67. The van der Waals surface area contributed by atoms with Crippen LogP contribution in [0.4, 0.5) is 4.39 Å². The second-order valence-electron chi connectivity index (χ2n) is 4.85. The van der Waals surface area contributed by atoms with Crippen LogP contribution in [0.25, 0.3) is 0 Å². The van der Waals surface area contributed by atoms with Gasteiger partial charge in [0.1, 0.15) is 11.6 Å². The third-order valence-electron chi connectivity index (χ3n) is 3.58. The van der Waals surface area contributed by atoms with Crippen molar-refractivity contribution >= 4 is 15.9 Å². The van der Waals surface area contributed by atoms with Gasteiger partial charge in [0.2, 0.25) is 0 Å². The maximum absolute atomic E-state index is 13.1. The fraction of sp³-hybridized carbons (Fsp3) is 0.250. The molecular formula is C16H15BrFNO. The lowest BCUT2D eigenvalue weighted by molar-refractivity contribution is 0.351. The molecule has 0 amide bonds. The van der Waals surface area contributed by atoms with Crippen molar-refractivity contribution in [2.45, 2.75) is 12.5 Å². The van der Waals surface area contributed by atoms with Crippen LogP contribution in [0.1, 0.15) is 22.7 Å². The Balaban J connectivity index is 2.08. The lowest BCUT2D eigenvalue weighted by Gasteiger charge is -2.20.